The molecule has 0 radical (unpaired) electrons. The van der Waals surface area contributed by atoms with E-state index in [1.165, 1.54) is 5.56 Å². The molecule has 1 heterocycles. The number of pyridine rings is 1. The summed E-state index contributed by atoms with van der Waals surface area (Å²) in [6.07, 6.45) is 2.66. The molecule has 1 aromatic heterocycles. The van der Waals surface area contributed by atoms with Crippen LogP contribution >= 0.6 is 0 Å². The predicted octanol–water partition coefficient (Wildman–Crippen LogP) is 1.44. The quantitative estimate of drug-likeness (QED) is 0.813. The molecule has 2 unspecified atom stereocenters. The number of nitrogens with zero attached hydrogens (tertiary/aromatic N) is 2. The van der Waals surface area contributed by atoms with Crippen molar-refractivity contribution in [2.45, 2.75) is 32.4 Å². The maximum atomic E-state index is 5.86. The first-order valence-corrected chi connectivity index (χ1v) is 5.97. The number of ether oxygens (including phenoxy) is 1. The van der Waals surface area contributed by atoms with Gasteiger partial charge in [0, 0.05) is 26.4 Å². The lowest BCUT2D eigenvalue weighted by atomic mass is 10.1. The molecule has 0 aliphatic heterocycles. The van der Waals surface area contributed by atoms with Crippen molar-refractivity contribution in [3.05, 3.63) is 23.9 Å². The van der Waals surface area contributed by atoms with Crippen LogP contribution in [0.15, 0.2) is 18.3 Å². The van der Waals surface area contributed by atoms with Gasteiger partial charge in [0.1, 0.15) is 5.82 Å². The number of hydrogen-bond acceptors (Lipinski definition) is 4. The van der Waals surface area contributed by atoms with Gasteiger partial charge in [-0.1, -0.05) is 6.07 Å². The molecule has 0 fully saturated rings. The lowest BCUT2D eigenvalue weighted by Gasteiger charge is -2.27. The van der Waals surface area contributed by atoms with Crippen molar-refractivity contribution in [3.63, 3.8) is 0 Å². The van der Waals surface area contributed by atoms with Crippen LogP contribution in [0.4, 0.5) is 5.82 Å². The van der Waals surface area contributed by atoms with Crippen LogP contribution in [0.5, 0.6) is 0 Å². The van der Waals surface area contributed by atoms with E-state index in [0.29, 0.717) is 12.6 Å². The van der Waals surface area contributed by atoms with Crippen LogP contribution in [-0.4, -0.2) is 37.8 Å². The maximum absolute atomic E-state index is 5.86. The third-order valence-corrected chi connectivity index (χ3v) is 2.81. The second kappa shape index (κ2) is 6.57. The average molecular weight is 237 g/mol. The fourth-order valence-electron chi connectivity index (χ4n) is 1.82. The Balaban J connectivity index is 2.88. The van der Waals surface area contributed by atoms with Crippen LogP contribution in [0.25, 0.3) is 0 Å². The van der Waals surface area contributed by atoms with Crippen LogP contribution in [0.1, 0.15) is 19.4 Å². The molecule has 0 aliphatic rings. The number of hydrogen-bond donors (Lipinski definition) is 1. The predicted molar refractivity (Wildman–Crippen MR) is 71.3 cm³/mol. The topological polar surface area (TPSA) is 51.4 Å². The number of anilines is 1. The lowest BCUT2D eigenvalue weighted by molar-refractivity contribution is 0.183. The molecule has 4 heteroatoms. The summed E-state index contributed by atoms with van der Waals surface area (Å²) in [5.41, 5.74) is 7.05. The fourth-order valence-corrected chi connectivity index (χ4v) is 1.82. The number of methoxy groups -OCH3 is 1. The Morgan fingerprint density at radius 3 is 2.76 bits per heavy atom. The summed E-state index contributed by atoms with van der Waals surface area (Å²) in [5, 5.41) is 0. The Morgan fingerprint density at radius 1 is 1.47 bits per heavy atom. The summed E-state index contributed by atoms with van der Waals surface area (Å²) in [6, 6.07) is 4.48. The van der Waals surface area contributed by atoms with Gasteiger partial charge in [-0.05, 0) is 31.9 Å². The minimum absolute atomic E-state index is 0.143. The summed E-state index contributed by atoms with van der Waals surface area (Å²) >= 11 is 0. The molecule has 96 valence electrons. The molecule has 2 N–H and O–H groups in total. The van der Waals surface area contributed by atoms with E-state index in [1.807, 2.05) is 26.2 Å². The van der Waals surface area contributed by atoms with Gasteiger partial charge in [-0.3, -0.25) is 0 Å². The van der Waals surface area contributed by atoms with Crippen LogP contribution in [0, 0.1) is 0 Å². The Labute approximate surface area is 104 Å². The van der Waals surface area contributed by atoms with Gasteiger partial charge in [0.05, 0.1) is 12.6 Å². The minimum Gasteiger partial charge on any atom is -0.383 e. The first-order valence-electron chi connectivity index (χ1n) is 5.97. The normalized spacial score (nSPS) is 14.4. The van der Waals surface area contributed by atoms with Gasteiger partial charge in [-0.15, -0.1) is 0 Å². The molecule has 0 saturated heterocycles. The molecule has 0 amide bonds. The molecule has 4 nitrogen and oxygen atoms in total. The van der Waals surface area contributed by atoms with Crippen molar-refractivity contribution in [1.29, 1.82) is 0 Å². The molecule has 0 spiro atoms. The highest BCUT2D eigenvalue weighted by molar-refractivity contribution is 5.47. The third kappa shape index (κ3) is 3.98. The van der Waals surface area contributed by atoms with E-state index in [2.05, 4.69) is 22.9 Å². The van der Waals surface area contributed by atoms with Gasteiger partial charge in [-0.2, -0.15) is 0 Å². The standard InChI is InChI=1S/C13H23N3O/c1-10(14)8-12-6-5-7-15-13(12)16(3)11(2)9-17-4/h5-7,10-11H,8-9,14H2,1-4H3. The van der Waals surface area contributed by atoms with Crippen molar-refractivity contribution in [2.24, 2.45) is 5.73 Å². The molecule has 1 aromatic rings. The molecular formula is C13H23N3O. The van der Waals surface area contributed by atoms with E-state index >= 15 is 0 Å². The largest absolute Gasteiger partial charge is 0.383 e. The van der Waals surface area contributed by atoms with Crippen LogP contribution in [0.2, 0.25) is 0 Å². The number of likely N-dealkylation sites (N-methyl/N-ethyl adjacent to an activating group) is 1. The number of nitrogens with two attached hydrogens (primary N) is 1. The van der Waals surface area contributed by atoms with E-state index in [0.717, 1.165) is 12.2 Å². The lowest BCUT2D eigenvalue weighted by Crippen LogP contribution is -2.34. The molecule has 17 heavy (non-hydrogen) atoms. The van der Waals surface area contributed by atoms with Crippen molar-refractivity contribution in [3.8, 4) is 0 Å². The van der Waals surface area contributed by atoms with E-state index < -0.39 is 0 Å². The third-order valence-electron chi connectivity index (χ3n) is 2.81. The second-order valence-corrected chi connectivity index (χ2v) is 4.58. The zero-order valence-corrected chi connectivity index (χ0v) is 11.2. The summed E-state index contributed by atoms with van der Waals surface area (Å²) in [6.45, 7) is 4.81. The highest BCUT2D eigenvalue weighted by atomic mass is 16.5. The summed E-state index contributed by atoms with van der Waals surface area (Å²) in [5.74, 6) is 0.995. The van der Waals surface area contributed by atoms with Gasteiger partial charge < -0.3 is 15.4 Å². The van der Waals surface area contributed by atoms with Gasteiger partial charge in [0.2, 0.25) is 0 Å². The van der Waals surface area contributed by atoms with Gasteiger partial charge in [-0.25, -0.2) is 4.98 Å². The molecule has 0 aliphatic carbocycles. The number of rotatable bonds is 6. The SMILES string of the molecule is COCC(C)N(C)c1ncccc1CC(C)N. The number of aromatic nitrogens is 1. The first-order chi connectivity index (χ1) is 8.06. The Kier molecular flexibility index (Phi) is 5.38. The van der Waals surface area contributed by atoms with Gasteiger partial charge >= 0.3 is 0 Å². The summed E-state index contributed by atoms with van der Waals surface area (Å²) in [7, 11) is 3.75. The summed E-state index contributed by atoms with van der Waals surface area (Å²) < 4.78 is 5.17. The van der Waals surface area contributed by atoms with Crippen molar-refractivity contribution in [2.75, 3.05) is 25.7 Å². The van der Waals surface area contributed by atoms with Crippen molar-refractivity contribution >= 4 is 5.82 Å². The Hall–Kier alpha value is -1.13. The molecule has 1 rings (SSSR count). The molecule has 0 saturated carbocycles. The fraction of sp³-hybridized carbons (Fsp3) is 0.615. The van der Waals surface area contributed by atoms with E-state index in [4.69, 9.17) is 10.5 Å². The van der Waals surface area contributed by atoms with Crippen LogP contribution < -0.4 is 10.6 Å². The molecule has 0 aromatic carbocycles. The van der Waals surface area contributed by atoms with Crippen molar-refractivity contribution < 1.29 is 4.74 Å². The molecule has 2 atom stereocenters. The van der Waals surface area contributed by atoms with E-state index in [9.17, 15) is 0 Å². The van der Waals surface area contributed by atoms with Crippen molar-refractivity contribution in [1.82, 2.24) is 4.98 Å². The zero-order chi connectivity index (χ0) is 12.8. The monoisotopic (exact) mass is 237 g/mol. The van der Waals surface area contributed by atoms with Gasteiger partial charge in [0.25, 0.3) is 0 Å². The van der Waals surface area contributed by atoms with Gasteiger partial charge in [0.15, 0.2) is 0 Å². The Bertz CT molecular complexity index is 341. The highest BCUT2D eigenvalue weighted by Crippen LogP contribution is 2.19. The average Bonchev–Trinajstić information content (AvgIpc) is 2.28. The second-order valence-electron chi connectivity index (χ2n) is 4.58. The summed E-state index contributed by atoms with van der Waals surface area (Å²) in [4.78, 5) is 6.59. The minimum atomic E-state index is 0.143. The van der Waals surface area contributed by atoms with E-state index in [1.54, 1.807) is 7.11 Å². The van der Waals surface area contributed by atoms with Crippen LogP contribution in [0.3, 0.4) is 0 Å². The smallest absolute Gasteiger partial charge is 0.131 e. The molecular weight excluding hydrogens is 214 g/mol. The van der Waals surface area contributed by atoms with Crippen LogP contribution in [-0.2, 0) is 11.2 Å². The van der Waals surface area contributed by atoms with E-state index in [-0.39, 0.29) is 6.04 Å². The Morgan fingerprint density at radius 2 is 2.18 bits per heavy atom. The molecule has 0 bridgehead atoms. The maximum Gasteiger partial charge on any atom is 0.131 e. The highest BCUT2D eigenvalue weighted by Gasteiger charge is 2.15. The first kappa shape index (κ1) is 13.9. The zero-order valence-electron chi connectivity index (χ0n) is 11.2.